The SMILES string of the molecule is CC(=O)OCC(=S)N(c1ccc(F)cc1)C(C)C. The number of thiocarbonyl (C=S) groups is 1. The lowest BCUT2D eigenvalue weighted by molar-refractivity contribution is -0.139. The first-order valence-corrected chi connectivity index (χ1v) is 6.03. The Hall–Kier alpha value is -1.49. The molecule has 0 unspecified atom stereocenters. The molecule has 18 heavy (non-hydrogen) atoms. The summed E-state index contributed by atoms with van der Waals surface area (Å²) in [6, 6.07) is 6.14. The van der Waals surface area contributed by atoms with Gasteiger partial charge in [-0.2, -0.15) is 0 Å². The highest BCUT2D eigenvalue weighted by molar-refractivity contribution is 7.80. The van der Waals surface area contributed by atoms with Crippen molar-refractivity contribution in [3.63, 3.8) is 0 Å². The van der Waals surface area contributed by atoms with Gasteiger partial charge < -0.3 is 9.64 Å². The maximum Gasteiger partial charge on any atom is 0.303 e. The van der Waals surface area contributed by atoms with Gasteiger partial charge in [-0.3, -0.25) is 4.79 Å². The number of esters is 1. The first-order chi connectivity index (χ1) is 8.41. The highest BCUT2D eigenvalue weighted by Crippen LogP contribution is 2.18. The van der Waals surface area contributed by atoms with Gasteiger partial charge in [0.05, 0.1) is 0 Å². The summed E-state index contributed by atoms with van der Waals surface area (Å²) in [6.07, 6.45) is 0. The normalized spacial score (nSPS) is 10.3. The van der Waals surface area contributed by atoms with Gasteiger partial charge in [0.15, 0.2) is 0 Å². The van der Waals surface area contributed by atoms with Crippen LogP contribution in [-0.2, 0) is 9.53 Å². The Labute approximate surface area is 112 Å². The summed E-state index contributed by atoms with van der Waals surface area (Å²) in [6.45, 7) is 5.31. The molecule has 1 aromatic carbocycles. The van der Waals surface area contributed by atoms with Crippen LogP contribution in [0.3, 0.4) is 0 Å². The molecule has 0 N–H and O–H groups in total. The first kappa shape index (κ1) is 14.6. The third-order valence-corrected chi connectivity index (χ3v) is 2.60. The summed E-state index contributed by atoms with van der Waals surface area (Å²) in [7, 11) is 0. The van der Waals surface area contributed by atoms with E-state index in [-0.39, 0.29) is 24.4 Å². The molecule has 0 radical (unpaired) electrons. The fraction of sp³-hybridized carbons (Fsp3) is 0.385. The number of halogens is 1. The molecule has 0 saturated carbocycles. The molecule has 3 nitrogen and oxygen atoms in total. The van der Waals surface area contributed by atoms with Crippen molar-refractivity contribution in [1.29, 1.82) is 0 Å². The number of anilines is 1. The Kier molecular flexibility index (Phi) is 5.22. The van der Waals surface area contributed by atoms with E-state index in [1.165, 1.54) is 19.1 Å². The van der Waals surface area contributed by atoms with Crippen molar-refractivity contribution in [2.75, 3.05) is 11.5 Å². The molecule has 1 aromatic rings. The highest BCUT2D eigenvalue weighted by Gasteiger charge is 2.16. The minimum atomic E-state index is -0.375. The van der Waals surface area contributed by atoms with E-state index in [0.717, 1.165) is 5.69 Å². The lowest BCUT2D eigenvalue weighted by Crippen LogP contribution is -2.38. The topological polar surface area (TPSA) is 29.5 Å². The molecule has 0 aromatic heterocycles. The van der Waals surface area contributed by atoms with Crippen LogP contribution in [0.25, 0.3) is 0 Å². The Morgan fingerprint density at radius 1 is 1.39 bits per heavy atom. The molecule has 0 bridgehead atoms. The van der Waals surface area contributed by atoms with E-state index in [1.807, 2.05) is 18.7 Å². The van der Waals surface area contributed by atoms with E-state index >= 15 is 0 Å². The zero-order chi connectivity index (χ0) is 13.7. The largest absolute Gasteiger partial charge is 0.459 e. The fourth-order valence-corrected chi connectivity index (χ4v) is 1.94. The van der Waals surface area contributed by atoms with Crippen molar-refractivity contribution < 1.29 is 13.9 Å². The van der Waals surface area contributed by atoms with E-state index in [9.17, 15) is 9.18 Å². The van der Waals surface area contributed by atoms with E-state index < -0.39 is 0 Å². The molecule has 0 saturated heterocycles. The van der Waals surface area contributed by atoms with Crippen LogP contribution < -0.4 is 4.90 Å². The van der Waals surface area contributed by atoms with E-state index in [4.69, 9.17) is 17.0 Å². The molecule has 0 aliphatic rings. The smallest absolute Gasteiger partial charge is 0.303 e. The molecule has 5 heteroatoms. The van der Waals surface area contributed by atoms with Crippen LogP contribution in [0.2, 0.25) is 0 Å². The van der Waals surface area contributed by atoms with Crippen LogP contribution in [-0.4, -0.2) is 23.6 Å². The molecule has 1 rings (SSSR count). The summed E-state index contributed by atoms with van der Waals surface area (Å²) in [5, 5.41) is 0. The first-order valence-electron chi connectivity index (χ1n) is 5.63. The van der Waals surface area contributed by atoms with Gasteiger partial charge in [-0.1, -0.05) is 12.2 Å². The Balaban J connectivity index is 2.85. The molecule has 0 heterocycles. The van der Waals surface area contributed by atoms with Gasteiger partial charge in [0.2, 0.25) is 0 Å². The minimum absolute atomic E-state index is 0.0558. The average molecular weight is 269 g/mol. The molecule has 0 fully saturated rings. The number of carbonyl (C=O) groups excluding carboxylic acids is 1. The van der Waals surface area contributed by atoms with Gasteiger partial charge in [0, 0.05) is 18.7 Å². The van der Waals surface area contributed by atoms with Crippen LogP contribution in [0.15, 0.2) is 24.3 Å². The number of nitrogens with zero attached hydrogens (tertiary/aromatic N) is 1. The Bertz CT molecular complexity index is 431. The van der Waals surface area contributed by atoms with E-state index in [2.05, 4.69) is 0 Å². The molecule has 0 spiro atoms. The van der Waals surface area contributed by atoms with Crippen molar-refractivity contribution >= 4 is 28.9 Å². The second kappa shape index (κ2) is 6.44. The zero-order valence-electron chi connectivity index (χ0n) is 10.6. The van der Waals surface area contributed by atoms with Crippen LogP contribution in [0.1, 0.15) is 20.8 Å². The van der Waals surface area contributed by atoms with Crippen LogP contribution in [0, 0.1) is 5.82 Å². The third kappa shape index (κ3) is 4.07. The lowest BCUT2D eigenvalue weighted by atomic mass is 10.2. The van der Waals surface area contributed by atoms with E-state index in [1.54, 1.807) is 12.1 Å². The van der Waals surface area contributed by atoms with Crippen molar-refractivity contribution in [3.05, 3.63) is 30.1 Å². The standard InChI is InChI=1S/C13H16FNO2S/c1-9(2)15(13(18)8-17-10(3)16)12-6-4-11(14)5-7-12/h4-7,9H,8H2,1-3H3. The van der Waals surface area contributed by atoms with Crippen LogP contribution >= 0.6 is 12.2 Å². The third-order valence-electron chi connectivity index (χ3n) is 2.29. The summed E-state index contributed by atoms with van der Waals surface area (Å²) < 4.78 is 17.8. The summed E-state index contributed by atoms with van der Waals surface area (Å²) in [5.41, 5.74) is 0.781. The molecular weight excluding hydrogens is 253 g/mol. The lowest BCUT2D eigenvalue weighted by Gasteiger charge is -2.29. The van der Waals surface area contributed by atoms with Gasteiger partial charge in [-0.25, -0.2) is 4.39 Å². The Morgan fingerprint density at radius 2 is 1.94 bits per heavy atom. The van der Waals surface area contributed by atoms with Gasteiger partial charge in [-0.05, 0) is 38.1 Å². The van der Waals surface area contributed by atoms with Crippen molar-refractivity contribution in [2.24, 2.45) is 0 Å². The second-order valence-electron chi connectivity index (χ2n) is 4.11. The monoisotopic (exact) mass is 269 g/mol. The number of ether oxygens (including phenoxy) is 1. The molecular formula is C13H16FNO2S. The maximum absolute atomic E-state index is 12.9. The fourth-order valence-electron chi connectivity index (χ4n) is 1.56. The quantitative estimate of drug-likeness (QED) is 0.621. The summed E-state index contributed by atoms with van der Waals surface area (Å²) >= 11 is 5.24. The summed E-state index contributed by atoms with van der Waals surface area (Å²) in [5.74, 6) is -0.673. The van der Waals surface area contributed by atoms with Gasteiger partial charge in [0.25, 0.3) is 0 Å². The Morgan fingerprint density at radius 3 is 2.39 bits per heavy atom. The second-order valence-corrected chi connectivity index (χ2v) is 4.59. The van der Waals surface area contributed by atoms with Crippen LogP contribution in [0.4, 0.5) is 10.1 Å². The maximum atomic E-state index is 12.9. The number of hydrogen-bond acceptors (Lipinski definition) is 3. The van der Waals surface area contributed by atoms with Gasteiger partial charge in [0.1, 0.15) is 17.4 Å². The summed E-state index contributed by atoms with van der Waals surface area (Å²) in [4.78, 5) is 13.1. The minimum Gasteiger partial charge on any atom is -0.459 e. The van der Waals surface area contributed by atoms with Crippen molar-refractivity contribution in [1.82, 2.24) is 0 Å². The number of benzene rings is 1. The number of hydrogen-bond donors (Lipinski definition) is 0. The number of carbonyl (C=O) groups is 1. The molecule has 0 aliphatic heterocycles. The van der Waals surface area contributed by atoms with Gasteiger partial charge >= 0.3 is 5.97 Å². The predicted molar refractivity (Wildman–Crippen MR) is 73.2 cm³/mol. The molecule has 0 amide bonds. The van der Waals surface area contributed by atoms with Gasteiger partial charge in [-0.15, -0.1) is 0 Å². The predicted octanol–water partition coefficient (Wildman–Crippen LogP) is 2.93. The highest BCUT2D eigenvalue weighted by atomic mass is 32.1. The zero-order valence-corrected chi connectivity index (χ0v) is 11.5. The number of rotatable bonds is 4. The van der Waals surface area contributed by atoms with Crippen molar-refractivity contribution in [3.8, 4) is 0 Å². The van der Waals surface area contributed by atoms with E-state index in [0.29, 0.717) is 4.99 Å². The van der Waals surface area contributed by atoms with Crippen molar-refractivity contribution in [2.45, 2.75) is 26.8 Å². The molecule has 0 atom stereocenters. The van der Waals surface area contributed by atoms with Crippen LogP contribution in [0.5, 0.6) is 0 Å². The molecule has 0 aliphatic carbocycles. The molecule has 98 valence electrons. The average Bonchev–Trinajstić information content (AvgIpc) is 2.29.